The number of aliphatic hydroxyl groups excluding tert-OH is 3. The minimum atomic E-state index is -1.16. The first-order valence-corrected chi connectivity index (χ1v) is 9.83. The molecule has 3 fully saturated rings. The number of ether oxygens (including phenoxy) is 1. The number of carbonyl (C=O) groups is 1. The molecule has 0 amide bonds. The first-order valence-electron chi connectivity index (χ1n) is 9.83. The summed E-state index contributed by atoms with van der Waals surface area (Å²) in [4.78, 5) is 11.3. The smallest absolute Gasteiger partial charge is 0.550 e. The Bertz CT molecular complexity index is 573. The second-order valence-corrected chi connectivity index (χ2v) is 9.73. The van der Waals surface area contributed by atoms with Gasteiger partial charge in [-0.3, -0.25) is 0 Å². The maximum Gasteiger partial charge on any atom is 1.00 e. The number of hydrogen-bond donors (Lipinski definition) is 3. The summed E-state index contributed by atoms with van der Waals surface area (Å²) in [6, 6.07) is 0. The van der Waals surface area contributed by atoms with Crippen LogP contribution in [0.1, 0.15) is 59.3 Å². The molecule has 3 rings (SSSR count). The fraction of sp³-hybridized carbons (Fsp3) is 0.950. The molecule has 3 N–H and O–H groups in total. The van der Waals surface area contributed by atoms with Crippen LogP contribution in [0.5, 0.6) is 0 Å². The van der Waals surface area contributed by atoms with Gasteiger partial charge in [-0.2, -0.15) is 0 Å². The van der Waals surface area contributed by atoms with Crippen LogP contribution in [0, 0.1) is 28.1 Å². The zero-order valence-corrected chi connectivity index (χ0v) is 19.2. The number of hydrogen-bond acceptors (Lipinski definition) is 6. The molecule has 6 nitrogen and oxygen atoms in total. The molecule has 1 saturated heterocycles. The molecule has 1 spiro atoms. The van der Waals surface area contributed by atoms with Crippen molar-refractivity contribution in [2.45, 2.75) is 71.0 Å². The Morgan fingerprint density at radius 1 is 1.19 bits per heavy atom. The van der Waals surface area contributed by atoms with Crippen molar-refractivity contribution >= 4 is 5.97 Å². The number of carbonyl (C=O) groups excluding carboxylic acids is 1. The van der Waals surface area contributed by atoms with Crippen molar-refractivity contribution in [1.29, 1.82) is 0 Å². The number of carboxylic acid groups (broad SMARTS) is 1. The van der Waals surface area contributed by atoms with Crippen LogP contribution in [0.2, 0.25) is 0 Å². The third-order valence-electron chi connectivity index (χ3n) is 8.38. The second kappa shape index (κ2) is 7.86. The van der Waals surface area contributed by atoms with Gasteiger partial charge in [-0.1, -0.05) is 20.8 Å². The largest absolute Gasteiger partial charge is 1.00 e. The van der Waals surface area contributed by atoms with Crippen molar-refractivity contribution in [3.05, 3.63) is 0 Å². The van der Waals surface area contributed by atoms with Crippen LogP contribution in [0.3, 0.4) is 0 Å². The van der Waals surface area contributed by atoms with E-state index in [9.17, 15) is 25.2 Å². The third-order valence-corrected chi connectivity index (χ3v) is 8.38. The summed E-state index contributed by atoms with van der Waals surface area (Å²) in [5.74, 6) is -0.862. The van der Waals surface area contributed by atoms with E-state index in [2.05, 4.69) is 13.8 Å². The van der Waals surface area contributed by atoms with Crippen LogP contribution in [-0.2, 0) is 9.53 Å². The zero-order chi connectivity index (χ0) is 19.4. The Labute approximate surface area is 184 Å². The number of aliphatic hydroxyl groups is 3. The van der Waals surface area contributed by atoms with Gasteiger partial charge < -0.3 is 30.0 Å². The maximum atomic E-state index is 11.3. The number of fused-ring (bicyclic) bond motifs is 2. The Morgan fingerprint density at radius 2 is 1.85 bits per heavy atom. The average molecular weight is 392 g/mol. The van der Waals surface area contributed by atoms with Gasteiger partial charge in [-0.15, -0.1) is 0 Å². The molecule has 0 aromatic heterocycles. The van der Waals surface area contributed by atoms with Crippen molar-refractivity contribution in [2.24, 2.45) is 28.1 Å². The van der Waals surface area contributed by atoms with Gasteiger partial charge in [0, 0.05) is 22.2 Å². The molecule has 2 unspecified atom stereocenters. The summed E-state index contributed by atoms with van der Waals surface area (Å²) in [5, 5.41) is 42.0. The molecule has 7 atom stereocenters. The van der Waals surface area contributed by atoms with E-state index < -0.39 is 28.5 Å². The monoisotopic (exact) mass is 392 g/mol. The fourth-order valence-corrected chi connectivity index (χ4v) is 6.69. The van der Waals surface area contributed by atoms with E-state index in [4.69, 9.17) is 4.74 Å². The van der Waals surface area contributed by atoms with Crippen molar-refractivity contribution in [3.63, 3.8) is 0 Å². The van der Waals surface area contributed by atoms with Crippen molar-refractivity contribution in [3.8, 4) is 0 Å². The van der Waals surface area contributed by atoms with Gasteiger partial charge in [-0.05, 0) is 50.4 Å². The summed E-state index contributed by atoms with van der Waals surface area (Å²) >= 11 is 0. The van der Waals surface area contributed by atoms with Gasteiger partial charge in [0.1, 0.15) is 0 Å². The summed E-state index contributed by atoms with van der Waals surface area (Å²) < 4.78 is 6.43. The topological polar surface area (TPSA) is 110 Å². The summed E-state index contributed by atoms with van der Waals surface area (Å²) in [6.45, 7) is 6.18. The SMILES string of the molecule is C[C@@H]1CCC2[C@](C)(CO)[C@@H](O)CC[C@]2(C)[C@@]12CC(CO)(CC(=O)[O-])CO2.[Na+]. The molecular weight excluding hydrogens is 359 g/mol. The molecule has 0 radical (unpaired) electrons. The van der Waals surface area contributed by atoms with Crippen LogP contribution >= 0.6 is 0 Å². The van der Waals surface area contributed by atoms with Crippen molar-refractivity contribution in [2.75, 3.05) is 19.8 Å². The number of rotatable bonds is 4. The Kier molecular flexibility index (Phi) is 6.87. The summed E-state index contributed by atoms with van der Waals surface area (Å²) in [7, 11) is 0. The predicted octanol–water partition coefficient (Wildman–Crippen LogP) is -2.53. The molecule has 2 aliphatic carbocycles. The van der Waals surface area contributed by atoms with Crippen LogP contribution in [-0.4, -0.2) is 52.8 Å². The van der Waals surface area contributed by atoms with Crippen molar-refractivity contribution < 1.29 is 59.5 Å². The molecule has 1 heterocycles. The predicted molar refractivity (Wildman–Crippen MR) is 92.9 cm³/mol. The van der Waals surface area contributed by atoms with Crippen LogP contribution in [0.15, 0.2) is 0 Å². The fourth-order valence-electron chi connectivity index (χ4n) is 6.69. The molecular formula is C20H33NaO6. The van der Waals surface area contributed by atoms with Crippen molar-refractivity contribution in [1.82, 2.24) is 0 Å². The van der Waals surface area contributed by atoms with E-state index >= 15 is 0 Å². The molecule has 150 valence electrons. The van der Waals surface area contributed by atoms with Gasteiger partial charge >= 0.3 is 29.6 Å². The molecule has 0 aromatic carbocycles. The first-order chi connectivity index (χ1) is 12.1. The normalized spacial score (nSPS) is 49.5. The minimum absolute atomic E-state index is 0. The summed E-state index contributed by atoms with van der Waals surface area (Å²) in [5.41, 5.74) is -2.25. The van der Waals surface area contributed by atoms with E-state index in [0.29, 0.717) is 12.8 Å². The molecule has 2 saturated carbocycles. The Morgan fingerprint density at radius 3 is 2.41 bits per heavy atom. The van der Waals surface area contributed by atoms with E-state index in [1.54, 1.807) is 0 Å². The van der Waals surface area contributed by atoms with Crippen LogP contribution in [0.25, 0.3) is 0 Å². The quantitative estimate of drug-likeness (QED) is 0.456. The van der Waals surface area contributed by atoms with Gasteiger partial charge in [0.15, 0.2) is 0 Å². The van der Waals surface area contributed by atoms with E-state index in [0.717, 1.165) is 19.3 Å². The third kappa shape index (κ3) is 3.33. The molecule has 0 aromatic rings. The molecule has 0 bridgehead atoms. The molecule has 3 aliphatic rings. The Hall–Kier alpha value is 0.310. The van der Waals surface area contributed by atoms with Gasteiger partial charge in [0.25, 0.3) is 0 Å². The average Bonchev–Trinajstić information content (AvgIpc) is 2.98. The molecule has 1 aliphatic heterocycles. The van der Waals surface area contributed by atoms with Gasteiger partial charge in [0.05, 0.1) is 31.5 Å². The Balaban J connectivity index is 0.00000261. The van der Waals surface area contributed by atoms with Crippen LogP contribution in [0.4, 0.5) is 0 Å². The van der Waals surface area contributed by atoms with E-state index in [-0.39, 0.29) is 73.0 Å². The van der Waals surface area contributed by atoms with E-state index in [1.807, 2.05) is 6.92 Å². The molecule has 7 heteroatoms. The number of carboxylic acids is 1. The first kappa shape index (κ1) is 23.6. The van der Waals surface area contributed by atoms with Gasteiger partial charge in [0.2, 0.25) is 0 Å². The zero-order valence-electron chi connectivity index (χ0n) is 17.2. The number of aliphatic carboxylic acids is 1. The molecule has 27 heavy (non-hydrogen) atoms. The summed E-state index contributed by atoms with van der Waals surface area (Å²) in [6.07, 6.45) is 2.89. The maximum absolute atomic E-state index is 11.3. The van der Waals surface area contributed by atoms with E-state index in [1.165, 1.54) is 0 Å². The van der Waals surface area contributed by atoms with Gasteiger partial charge in [-0.25, -0.2) is 0 Å². The standard InChI is InChI=1S/C20H34O6.Na/c1-13-4-5-14-17(2,10-21)15(23)6-7-18(14,3)20(13)9-19(11-22,12-26-20)8-16(24)25;/h13-15,21-23H,4-12H2,1-3H3,(H,24,25);/q;+1/p-1/t13-,14?,15+,17+,18+,19?,20-;/m1./s1. The minimum Gasteiger partial charge on any atom is -0.550 e. The second-order valence-electron chi connectivity index (χ2n) is 9.73. The van der Waals surface area contributed by atoms with Crippen LogP contribution < -0.4 is 34.7 Å².